The van der Waals surface area contributed by atoms with Crippen LogP contribution in [0.15, 0.2) is 47.1 Å². The van der Waals surface area contributed by atoms with Crippen LogP contribution in [0.5, 0.6) is 11.6 Å². The van der Waals surface area contributed by atoms with Gasteiger partial charge in [0.15, 0.2) is 0 Å². The first-order valence-corrected chi connectivity index (χ1v) is 5.49. The van der Waals surface area contributed by atoms with E-state index in [-0.39, 0.29) is 11.6 Å². The van der Waals surface area contributed by atoms with Gasteiger partial charge in [0, 0.05) is 16.7 Å². The maximum absolute atomic E-state index is 10.8. The van der Waals surface area contributed by atoms with Gasteiger partial charge in [0.2, 0.25) is 0 Å². The van der Waals surface area contributed by atoms with Crippen LogP contribution in [0.4, 0.5) is 5.69 Å². The van der Waals surface area contributed by atoms with E-state index < -0.39 is 4.92 Å². The first kappa shape index (κ1) is 11.5. The van der Waals surface area contributed by atoms with Gasteiger partial charge in [-0.3, -0.25) is 10.1 Å². The van der Waals surface area contributed by atoms with E-state index in [0.29, 0.717) is 10.2 Å². The number of ether oxygens (including phenoxy) is 1. The highest BCUT2D eigenvalue weighted by Crippen LogP contribution is 2.30. The molecule has 0 aliphatic heterocycles. The molecule has 2 aromatic rings. The fourth-order valence-corrected chi connectivity index (χ4v) is 1.54. The number of aromatic nitrogens is 1. The summed E-state index contributed by atoms with van der Waals surface area (Å²) in [6, 6.07) is 10.1. The normalized spacial score (nSPS) is 9.94. The van der Waals surface area contributed by atoms with Gasteiger partial charge < -0.3 is 4.74 Å². The highest BCUT2D eigenvalue weighted by atomic mass is 79.9. The summed E-state index contributed by atoms with van der Waals surface area (Å²) in [6.45, 7) is 0. The van der Waals surface area contributed by atoms with Gasteiger partial charge in [-0.05, 0) is 28.1 Å². The number of rotatable bonds is 3. The van der Waals surface area contributed by atoms with Crippen molar-refractivity contribution in [3.05, 3.63) is 57.2 Å². The maximum Gasteiger partial charge on any atom is 0.332 e. The molecule has 1 aromatic heterocycles. The standard InChI is InChI=1S/C11H7BrN2O3/c12-8-6-10(14(15)16)11(13-7-8)17-9-4-2-1-3-5-9/h1-7H. The van der Waals surface area contributed by atoms with Gasteiger partial charge in [-0.1, -0.05) is 18.2 Å². The van der Waals surface area contributed by atoms with Gasteiger partial charge in [-0.2, -0.15) is 0 Å². The number of hydrogen-bond acceptors (Lipinski definition) is 4. The SMILES string of the molecule is O=[N+]([O-])c1cc(Br)cnc1Oc1ccccc1. The zero-order chi connectivity index (χ0) is 12.3. The maximum atomic E-state index is 10.8. The van der Waals surface area contributed by atoms with Crippen molar-refractivity contribution in [1.29, 1.82) is 0 Å². The summed E-state index contributed by atoms with van der Waals surface area (Å²) < 4.78 is 5.88. The molecule has 86 valence electrons. The van der Waals surface area contributed by atoms with E-state index in [0.717, 1.165) is 0 Å². The lowest BCUT2D eigenvalue weighted by Crippen LogP contribution is -1.95. The molecule has 0 atom stereocenters. The molecule has 0 fully saturated rings. The van der Waals surface area contributed by atoms with Gasteiger partial charge in [-0.25, -0.2) is 4.98 Å². The number of hydrogen-bond donors (Lipinski definition) is 0. The van der Waals surface area contributed by atoms with Crippen molar-refractivity contribution in [3.63, 3.8) is 0 Å². The van der Waals surface area contributed by atoms with Gasteiger partial charge in [0.1, 0.15) is 5.75 Å². The molecule has 1 heterocycles. The van der Waals surface area contributed by atoms with Crippen molar-refractivity contribution in [2.75, 3.05) is 0 Å². The third-order valence-electron chi connectivity index (χ3n) is 1.95. The number of nitro groups is 1. The van der Waals surface area contributed by atoms with Crippen LogP contribution in [0, 0.1) is 10.1 Å². The second kappa shape index (κ2) is 4.92. The van der Waals surface area contributed by atoms with E-state index in [2.05, 4.69) is 20.9 Å². The zero-order valence-corrected chi connectivity index (χ0v) is 10.1. The minimum absolute atomic E-state index is 0.0237. The molecule has 0 spiro atoms. The minimum atomic E-state index is -0.532. The molecule has 0 unspecified atom stereocenters. The Morgan fingerprint density at radius 2 is 2.00 bits per heavy atom. The quantitative estimate of drug-likeness (QED) is 0.641. The van der Waals surface area contributed by atoms with Gasteiger partial charge in [-0.15, -0.1) is 0 Å². The highest BCUT2D eigenvalue weighted by molar-refractivity contribution is 9.10. The van der Waals surface area contributed by atoms with Crippen molar-refractivity contribution in [1.82, 2.24) is 4.98 Å². The van der Waals surface area contributed by atoms with Crippen LogP contribution in [-0.4, -0.2) is 9.91 Å². The molecule has 0 aliphatic rings. The van der Waals surface area contributed by atoms with E-state index in [1.54, 1.807) is 24.3 Å². The lowest BCUT2D eigenvalue weighted by molar-refractivity contribution is -0.386. The van der Waals surface area contributed by atoms with E-state index >= 15 is 0 Å². The van der Waals surface area contributed by atoms with Crippen LogP contribution in [0.2, 0.25) is 0 Å². The Morgan fingerprint density at radius 1 is 1.29 bits per heavy atom. The monoisotopic (exact) mass is 294 g/mol. The lowest BCUT2D eigenvalue weighted by atomic mass is 10.3. The highest BCUT2D eigenvalue weighted by Gasteiger charge is 2.17. The summed E-state index contributed by atoms with van der Waals surface area (Å²) in [4.78, 5) is 14.2. The first-order chi connectivity index (χ1) is 8.16. The Bertz CT molecular complexity index is 546. The zero-order valence-electron chi connectivity index (χ0n) is 8.54. The van der Waals surface area contributed by atoms with E-state index in [1.165, 1.54) is 12.3 Å². The molecule has 0 bridgehead atoms. The topological polar surface area (TPSA) is 65.3 Å². The van der Waals surface area contributed by atoms with Gasteiger partial charge in [0.25, 0.3) is 5.88 Å². The molecule has 2 rings (SSSR count). The number of pyridine rings is 1. The molecule has 0 aliphatic carbocycles. The van der Waals surface area contributed by atoms with E-state index in [9.17, 15) is 10.1 Å². The Morgan fingerprint density at radius 3 is 2.65 bits per heavy atom. The molecule has 5 nitrogen and oxygen atoms in total. The van der Waals surface area contributed by atoms with Gasteiger partial charge in [0.05, 0.1) is 4.92 Å². The average molecular weight is 295 g/mol. The van der Waals surface area contributed by atoms with Crippen LogP contribution < -0.4 is 4.74 Å². The molecular formula is C11H7BrN2O3. The van der Waals surface area contributed by atoms with Crippen molar-refractivity contribution in [2.45, 2.75) is 0 Å². The number of benzene rings is 1. The number of para-hydroxylation sites is 1. The summed E-state index contributed by atoms with van der Waals surface area (Å²) in [5.41, 5.74) is -0.178. The largest absolute Gasteiger partial charge is 0.434 e. The third-order valence-corrected chi connectivity index (χ3v) is 2.39. The Hall–Kier alpha value is -1.95. The fourth-order valence-electron chi connectivity index (χ4n) is 1.23. The summed E-state index contributed by atoms with van der Waals surface area (Å²) in [5.74, 6) is 0.481. The lowest BCUT2D eigenvalue weighted by Gasteiger charge is -2.04. The molecule has 0 N–H and O–H groups in total. The Labute approximate surface area is 105 Å². The second-order valence-corrected chi connectivity index (χ2v) is 4.07. The van der Waals surface area contributed by atoms with Crippen LogP contribution >= 0.6 is 15.9 Å². The van der Waals surface area contributed by atoms with Crippen LogP contribution in [0.25, 0.3) is 0 Å². The van der Waals surface area contributed by atoms with Crippen LogP contribution in [0.3, 0.4) is 0 Å². The molecular weight excluding hydrogens is 288 g/mol. The molecule has 0 radical (unpaired) electrons. The van der Waals surface area contributed by atoms with Crippen molar-refractivity contribution >= 4 is 21.6 Å². The Balaban J connectivity index is 2.36. The average Bonchev–Trinajstić information content (AvgIpc) is 2.32. The molecule has 1 aromatic carbocycles. The molecule has 6 heteroatoms. The summed E-state index contributed by atoms with van der Waals surface area (Å²) in [5, 5.41) is 10.8. The smallest absolute Gasteiger partial charge is 0.332 e. The summed E-state index contributed by atoms with van der Waals surface area (Å²) in [6.07, 6.45) is 1.45. The third kappa shape index (κ3) is 2.79. The molecule has 0 saturated carbocycles. The van der Waals surface area contributed by atoms with Crippen LogP contribution in [-0.2, 0) is 0 Å². The fraction of sp³-hybridized carbons (Fsp3) is 0. The minimum Gasteiger partial charge on any atom is -0.434 e. The number of nitrogens with zero attached hydrogens (tertiary/aromatic N) is 2. The predicted octanol–water partition coefficient (Wildman–Crippen LogP) is 3.54. The summed E-state index contributed by atoms with van der Waals surface area (Å²) >= 11 is 3.13. The second-order valence-electron chi connectivity index (χ2n) is 3.15. The molecule has 17 heavy (non-hydrogen) atoms. The number of halogens is 1. The summed E-state index contributed by atoms with van der Waals surface area (Å²) in [7, 11) is 0. The first-order valence-electron chi connectivity index (χ1n) is 4.69. The predicted molar refractivity (Wildman–Crippen MR) is 65.1 cm³/mol. The van der Waals surface area contributed by atoms with Gasteiger partial charge >= 0.3 is 5.69 Å². The molecule has 0 saturated heterocycles. The van der Waals surface area contributed by atoms with Crippen molar-refractivity contribution in [3.8, 4) is 11.6 Å². The van der Waals surface area contributed by atoms with Crippen LogP contribution in [0.1, 0.15) is 0 Å². The van der Waals surface area contributed by atoms with E-state index in [1.807, 2.05) is 6.07 Å². The van der Waals surface area contributed by atoms with Crippen molar-refractivity contribution in [2.24, 2.45) is 0 Å². The van der Waals surface area contributed by atoms with Crippen molar-refractivity contribution < 1.29 is 9.66 Å². The van der Waals surface area contributed by atoms with E-state index in [4.69, 9.17) is 4.74 Å². The Kier molecular flexibility index (Phi) is 3.34. The molecule has 0 amide bonds.